The van der Waals surface area contributed by atoms with E-state index in [1.807, 2.05) is 36.1 Å². The molecule has 0 saturated carbocycles. The highest BCUT2D eigenvalue weighted by Gasteiger charge is 2.28. The lowest BCUT2D eigenvalue weighted by molar-refractivity contribution is -0.137. The first-order chi connectivity index (χ1) is 19.3. The molecule has 5 rings (SSSR count). The summed E-state index contributed by atoms with van der Waals surface area (Å²) < 4.78 is 13.6. The number of benzene rings is 3. The lowest BCUT2D eigenvalue weighted by Crippen LogP contribution is -2.54. The largest absolute Gasteiger partial charge is 0.481 e. The van der Waals surface area contributed by atoms with Crippen LogP contribution in [-0.2, 0) is 11.2 Å². The monoisotopic (exact) mass is 560 g/mol. The number of hydrogen-bond donors (Lipinski definition) is 1. The molecular weight excluding hydrogens is 531 g/mol. The van der Waals surface area contributed by atoms with Crippen LogP contribution < -0.4 is 4.90 Å². The van der Waals surface area contributed by atoms with Crippen LogP contribution in [0.2, 0.25) is 5.02 Å². The molecule has 40 heavy (non-hydrogen) atoms. The van der Waals surface area contributed by atoms with Gasteiger partial charge in [0.15, 0.2) is 0 Å². The molecular formula is C31H30ClFN4O3. The molecule has 1 aromatic heterocycles. The Morgan fingerprint density at radius 2 is 1.73 bits per heavy atom. The zero-order valence-electron chi connectivity index (χ0n) is 22.2. The van der Waals surface area contributed by atoms with Crippen molar-refractivity contribution in [3.63, 3.8) is 0 Å². The number of aromatic nitrogens is 2. The van der Waals surface area contributed by atoms with Crippen LogP contribution in [-0.4, -0.2) is 57.5 Å². The van der Waals surface area contributed by atoms with E-state index in [1.54, 1.807) is 30.3 Å². The van der Waals surface area contributed by atoms with E-state index in [0.717, 1.165) is 11.3 Å². The number of anilines is 1. The van der Waals surface area contributed by atoms with Gasteiger partial charge in [-0.2, -0.15) is 0 Å². The Labute approximate surface area is 237 Å². The third-order valence-corrected chi connectivity index (χ3v) is 7.49. The van der Waals surface area contributed by atoms with E-state index in [4.69, 9.17) is 26.7 Å². The van der Waals surface area contributed by atoms with Crippen LogP contribution in [0.1, 0.15) is 42.2 Å². The third kappa shape index (κ3) is 6.23. The fraction of sp³-hybridized carbons (Fsp3) is 0.290. The second kappa shape index (κ2) is 12.0. The highest BCUT2D eigenvalue weighted by molar-refractivity contribution is 6.30. The number of carboxylic acids is 1. The second-order valence-electron chi connectivity index (χ2n) is 10.1. The van der Waals surface area contributed by atoms with E-state index in [9.17, 15) is 14.0 Å². The molecule has 4 aromatic rings. The molecule has 206 valence electrons. The summed E-state index contributed by atoms with van der Waals surface area (Å²) in [5.41, 5.74) is 4.91. The Hall–Kier alpha value is -4.04. The Morgan fingerprint density at radius 3 is 2.42 bits per heavy atom. The summed E-state index contributed by atoms with van der Waals surface area (Å²) >= 11 is 6.04. The molecule has 3 aromatic carbocycles. The fourth-order valence-electron chi connectivity index (χ4n) is 5.12. The normalized spacial score (nSPS) is 15.4. The van der Waals surface area contributed by atoms with Crippen LogP contribution in [0.4, 0.5) is 10.1 Å². The van der Waals surface area contributed by atoms with Crippen molar-refractivity contribution in [1.29, 1.82) is 0 Å². The molecule has 2 heterocycles. The van der Waals surface area contributed by atoms with Crippen LogP contribution in [0, 0.1) is 5.82 Å². The van der Waals surface area contributed by atoms with E-state index < -0.39 is 5.97 Å². The van der Waals surface area contributed by atoms with Gasteiger partial charge < -0.3 is 14.9 Å². The van der Waals surface area contributed by atoms with Crippen molar-refractivity contribution in [1.82, 2.24) is 14.9 Å². The summed E-state index contributed by atoms with van der Waals surface area (Å²) in [5, 5.41) is 9.69. The predicted octanol–water partition coefficient (Wildman–Crippen LogP) is 6.24. The van der Waals surface area contributed by atoms with Crippen molar-refractivity contribution in [2.45, 2.75) is 38.6 Å². The minimum Gasteiger partial charge on any atom is -0.481 e. The molecule has 1 aliphatic rings. The van der Waals surface area contributed by atoms with Gasteiger partial charge in [-0.05, 0) is 92.9 Å². The van der Waals surface area contributed by atoms with Gasteiger partial charge in [0, 0.05) is 53.9 Å². The van der Waals surface area contributed by atoms with Gasteiger partial charge in [-0.25, -0.2) is 14.4 Å². The molecule has 1 aliphatic heterocycles. The molecule has 0 radical (unpaired) electrons. The van der Waals surface area contributed by atoms with E-state index in [2.05, 4.69) is 4.90 Å². The van der Waals surface area contributed by atoms with Crippen molar-refractivity contribution in [3.05, 3.63) is 88.8 Å². The molecule has 1 saturated heterocycles. The average Bonchev–Trinajstić information content (AvgIpc) is 2.95. The number of aryl methyl sites for hydroxylation is 1. The van der Waals surface area contributed by atoms with Crippen LogP contribution >= 0.6 is 11.6 Å². The number of hydrogen-bond acceptors (Lipinski definition) is 5. The first kappa shape index (κ1) is 27.5. The van der Waals surface area contributed by atoms with Crippen molar-refractivity contribution in [2.75, 3.05) is 24.5 Å². The van der Waals surface area contributed by atoms with Crippen molar-refractivity contribution < 1.29 is 19.1 Å². The van der Waals surface area contributed by atoms with Crippen LogP contribution in [0.3, 0.4) is 0 Å². The number of halogens is 2. The van der Waals surface area contributed by atoms with Gasteiger partial charge in [0.05, 0.1) is 22.4 Å². The molecule has 0 aliphatic carbocycles. The smallest absolute Gasteiger partial charge is 0.303 e. The third-order valence-electron chi connectivity index (χ3n) is 7.24. The number of carbonyl (C=O) groups is 2. The topological polar surface area (TPSA) is 86.6 Å². The molecule has 0 bridgehead atoms. The quantitative estimate of drug-likeness (QED) is 0.257. The first-order valence-corrected chi connectivity index (χ1v) is 13.8. The highest BCUT2D eigenvalue weighted by Crippen LogP contribution is 2.27. The maximum Gasteiger partial charge on any atom is 0.303 e. The number of nitrogens with zero attached hydrogens (tertiary/aromatic N) is 4. The summed E-state index contributed by atoms with van der Waals surface area (Å²) in [7, 11) is 0. The minimum absolute atomic E-state index is 0.00403. The van der Waals surface area contributed by atoms with E-state index in [0.29, 0.717) is 71.9 Å². The molecule has 7 nitrogen and oxygen atoms in total. The van der Waals surface area contributed by atoms with Crippen LogP contribution in [0.15, 0.2) is 66.7 Å². The van der Waals surface area contributed by atoms with Crippen molar-refractivity contribution in [2.24, 2.45) is 0 Å². The number of fused-ring (bicyclic) bond motifs is 1. The molecule has 1 fully saturated rings. The predicted molar refractivity (Wildman–Crippen MR) is 154 cm³/mol. The number of piperazine rings is 1. The summed E-state index contributed by atoms with van der Waals surface area (Å²) in [6, 6.07) is 19.2. The zero-order valence-corrected chi connectivity index (χ0v) is 22.9. The number of rotatable bonds is 8. The standard InChI is InChI=1S/C31H30ClFN4O3/c1-20-19-36(25-13-9-23(32)10-14-25)16-17-37(20)31(40)22-8-15-26-28(18-22)34-27(4-2-3-5-29(38)39)30(35-26)21-6-11-24(33)12-7-21/h6-15,18,20H,2-5,16-17,19H2,1H3,(H,38,39)/t20-/m1/s1. The first-order valence-electron chi connectivity index (χ1n) is 13.4. The van der Waals surface area contributed by atoms with Gasteiger partial charge >= 0.3 is 5.97 Å². The van der Waals surface area contributed by atoms with Gasteiger partial charge in [0.2, 0.25) is 0 Å². The maximum absolute atomic E-state index is 13.6. The van der Waals surface area contributed by atoms with Crippen molar-refractivity contribution >= 4 is 40.2 Å². The number of amides is 1. The molecule has 9 heteroatoms. The number of carbonyl (C=O) groups excluding carboxylic acids is 1. The lowest BCUT2D eigenvalue weighted by Gasteiger charge is -2.41. The van der Waals surface area contributed by atoms with Crippen LogP contribution in [0.25, 0.3) is 22.3 Å². The van der Waals surface area contributed by atoms with Gasteiger partial charge in [-0.15, -0.1) is 0 Å². The SMILES string of the molecule is C[C@@H]1CN(c2ccc(Cl)cc2)CCN1C(=O)c1ccc2nc(-c3ccc(F)cc3)c(CCCCC(=O)O)nc2c1. The Morgan fingerprint density at radius 1 is 0.975 bits per heavy atom. The number of unbranched alkanes of at least 4 members (excludes halogenated alkanes) is 1. The summed E-state index contributed by atoms with van der Waals surface area (Å²) in [6.45, 7) is 4.06. The number of carboxylic acid groups (broad SMARTS) is 1. The summed E-state index contributed by atoms with van der Waals surface area (Å²) in [5.74, 6) is -1.24. The molecule has 1 N–H and O–H groups in total. The lowest BCUT2D eigenvalue weighted by atomic mass is 10.0. The summed E-state index contributed by atoms with van der Waals surface area (Å²) in [6.07, 6.45) is 1.73. The van der Waals surface area contributed by atoms with Crippen molar-refractivity contribution in [3.8, 4) is 11.3 Å². The van der Waals surface area contributed by atoms with E-state index >= 15 is 0 Å². The molecule has 0 unspecified atom stereocenters. The van der Waals surface area contributed by atoms with E-state index in [1.165, 1.54) is 12.1 Å². The minimum atomic E-state index is -0.838. The zero-order chi connectivity index (χ0) is 28.2. The average molecular weight is 561 g/mol. The second-order valence-corrected chi connectivity index (χ2v) is 10.5. The van der Waals surface area contributed by atoms with Crippen LogP contribution in [0.5, 0.6) is 0 Å². The highest BCUT2D eigenvalue weighted by atomic mass is 35.5. The fourth-order valence-corrected chi connectivity index (χ4v) is 5.24. The van der Waals surface area contributed by atoms with E-state index in [-0.39, 0.29) is 24.2 Å². The van der Waals surface area contributed by atoms with Gasteiger partial charge in [-0.1, -0.05) is 11.6 Å². The Balaban J connectivity index is 1.39. The number of aliphatic carboxylic acids is 1. The van der Waals surface area contributed by atoms with Gasteiger partial charge in [0.25, 0.3) is 5.91 Å². The molecule has 0 spiro atoms. The Bertz CT molecular complexity index is 1530. The Kier molecular flexibility index (Phi) is 8.26. The molecule has 1 atom stereocenters. The van der Waals surface area contributed by atoms with Gasteiger partial charge in [-0.3, -0.25) is 9.59 Å². The maximum atomic E-state index is 13.6. The molecule has 1 amide bonds. The summed E-state index contributed by atoms with van der Waals surface area (Å²) in [4.78, 5) is 38.4. The van der Waals surface area contributed by atoms with Gasteiger partial charge in [0.1, 0.15) is 5.82 Å².